The van der Waals surface area contributed by atoms with E-state index < -0.39 is 0 Å². The molecular weight excluding hydrogens is 216 g/mol. The van der Waals surface area contributed by atoms with Crippen molar-refractivity contribution in [2.75, 3.05) is 40.4 Å². The molecule has 4 nitrogen and oxygen atoms in total. The normalized spacial score (nSPS) is 13.2. The Hall–Kier alpha value is -0.840. The number of nitrogens with one attached hydrogen (secondary N) is 1. The lowest BCUT2D eigenvalue weighted by molar-refractivity contribution is 0.161. The summed E-state index contributed by atoms with van der Waals surface area (Å²) in [4.78, 5) is 2.25. The molecule has 0 saturated carbocycles. The fraction of sp³-hybridized carbons (Fsp3) is 0.692. The maximum atomic E-state index is 5.57. The third-order valence-corrected chi connectivity index (χ3v) is 2.81. The first kappa shape index (κ1) is 14.2. The minimum atomic E-state index is 0.263. The molecule has 0 spiro atoms. The highest BCUT2D eigenvalue weighted by molar-refractivity contribution is 5.08. The first-order valence-electron chi connectivity index (χ1n) is 6.10. The fourth-order valence-electron chi connectivity index (χ4n) is 1.62. The van der Waals surface area contributed by atoms with Crippen LogP contribution in [0.1, 0.15) is 24.5 Å². The predicted molar refractivity (Wildman–Crippen MR) is 69.2 cm³/mol. The highest BCUT2D eigenvalue weighted by atomic mass is 16.5. The molecule has 4 heteroatoms. The van der Waals surface area contributed by atoms with E-state index in [1.54, 1.807) is 7.11 Å². The van der Waals surface area contributed by atoms with E-state index in [-0.39, 0.29) is 6.04 Å². The van der Waals surface area contributed by atoms with Crippen molar-refractivity contribution in [2.45, 2.75) is 19.9 Å². The number of hydrogen-bond donors (Lipinski definition) is 1. The third kappa shape index (κ3) is 5.35. The Labute approximate surface area is 104 Å². The van der Waals surface area contributed by atoms with Gasteiger partial charge < -0.3 is 19.4 Å². The van der Waals surface area contributed by atoms with Crippen LogP contribution in [0.5, 0.6) is 0 Å². The van der Waals surface area contributed by atoms with Gasteiger partial charge in [-0.15, -0.1) is 0 Å². The Kier molecular flexibility index (Phi) is 6.26. The van der Waals surface area contributed by atoms with Crippen LogP contribution in [0, 0.1) is 6.92 Å². The minimum Gasteiger partial charge on any atom is -0.465 e. The van der Waals surface area contributed by atoms with Crippen LogP contribution >= 0.6 is 0 Å². The van der Waals surface area contributed by atoms with Gasteiger partial charge in [-0.05, 0) is 33.0 Å². The Morgan fingerprint density at radius 2 is 2.18 bits per heavy atom. The standard InChI is InChI=1S/C13H24N2O2/c1-11-5-6-13(17-11)12(2)14-7-8-15(3)9-10-16-4/h5-6,12,14H,7-10H2,1-4H3. The van der Waals surface area contributed by atoms with Gasteiger partial charge in [0.15, 0.2) is 0 Å². The molecule has 98 valence electrons. The molecular formula is C13H24N2O2. The van der Waals surface area contributed by atoms with Gasteiger partial charge in [-0.3, -0.25) is 0 Å². The summed E-state index contributed by atoms with van der Waals surface area (Å²) in [6.07, 6.45) is 0. The van der Waals surface area contributed by atoms with Crippen molar-refractivity contribution in [3.63, 3.8) is 0 Å². The SMILES string of the molecule is COCCN(C)CCNC(C)c1ccc(C)o1. The fourth-order valence-corrected chi connectivity index (χ4v) is 1.62. The van der Waals surface area contributed by atoms with Crippen molar-refractivity contribution in [1.82, 2.24) is 10.2 Å². The van der Waals surface area contributed by atoms with Gasteiger partial charge in [-0.25, -0.2) is 0 Å². The van der Waals surface area contributed by atoms with Gasteiger partial charge in [0, 0.05) is 26.7 Å². The van der Waals surface area contributed by atoms with Gasteiger partial charge in [-0.2, -0.15) is 0 Å². The first-order chi connectivity index (χ1) is 8.13. The molecule has 0 saturated heterocycles. The van der Waals surface area contributed by atoms with Crippen LogP contribution in [0.3, 0.4) is 0 Å². The lowest BCUT2D eigenvalue weighted by Gasteiger charge is -2.18. The van der Waals surface area contributed by atoms with Crippen LogP contribution < -0.4 is 5.32 Å². The van der Waals surface area contributed by atoms with Crippen molar-refractivity contribution in [3.05, 3.63) is 23.7 Å². The van der Waals surface area contributed by atoms with Crippen molar-refractivity contribution < 1.29 is 9.15 Å². The van der Waals surface area contributed by atoms with Crippen molar-refractivity contribution in [2.24, 2.45) is 0 Å². The molecule has 17 heavy (non-hydrogen) atoms. The third-order valence-electron chi connectivity index (χ3n) is 2.81. The number of aryl methyl sites for hydroxylation is 1. The number of likely N-dealkylation sites (N-methyl/N-ethyl adjacent to an activating group) is 1. The number of methoxy groups -OCH3 is 1. The molecule has 1 unspecified atom stereocenters. The number of nitrogens with zero attached hydrogens (tertiary/aromatic N) is 1. The van der Waals surface area contributed by atoms with Crippen molar-refractivity contribution in [1.29, 1.82) is 0 Å². The Morgan fingerprint density at radius 1 is 1.41 bits per heavy atom. The topological polar surface area (TPSA) is 37.6 Å². The second-order valence-electron chi connectivity index (χ2n) is 4.42. The van der Waals surface area contributed by atoms with Crippen LogP contribution in [0.4, 0.5) is 0 Å². The molecule has 1 rings (SSSR count). The van der Waals surface area contributed by atoms with E-state index in [9.17, 15) is 0 Å². The molecule has 1 atom stereocenters. The van der Waals surface area contributed by atoms with Crippen LogP contribution in [0.2, 0.25) is 0 Å². The summed E-state index contributed by atoms with van der Waals surface area (Å²) in [6, 6.07) is 4.29. The number of furan rings is 1. The lowest BCUT2D eigenvalue weighted by Crippen LogP contribution is -2.32. The smallest absolute Gasteiger partial charge is 0.120 e. The number of rotatable bonds is 8. The molecule has 1 aromatic rings. The maximum absolute atomic E-state index is 5.57. The van der Waals surface area contributed by atoms with Crippen LogP contribution in [0.15, 0.2) is 16.5 Å². The van der Waals surface area contributed by atoms with Crippen LogP contribution in [0.25, 0.3) is 0 Å². The summed E-state index contributed by atoms with van der Waals surface area (Å²) in [5.41, 5.74) is 0. The second-order valence-corrected chi connectivity index (χ2v) is 4.42. The molecule has 1 aromatic heterocycles. The highest BCUT2D eigenvalue weighted by Crippen LogP contribution is 2.14. The van der Waals surface area contributed by atoms with Crippen molar-refractivity contribution in [3.8, 4) is 0 Å². The molecule has 0 radical (unpaired) electrons. The van der Waals surface area contributed by atoms with Gasteiger partial charge in [0.25, 0.3) is 0 Å². The number of ether oxygens (including phenoxy) is 1. The quantitative estimate of drug-likeness (QED) is 0.752. The van der Waals surface area contributed by atoms with Gasteiger partial charge in [0.05, 0.1) is 12.6 Å². The zero-order valence-corrected chi connectivity index (χ0v) is 11.3. The lowest BCUT2D eigenvalue weighted by atomic mass is 10.2. The van der Waals surface area contributed by atoms with E-state index in [1.165, 1.54) is 0 Å². The second kappa shape index (κ2) is 7.48. The Morgan fingerprint density at radius 3 is 2.76 bits per heavy atom. The minimum absolute atomic E-state index is 0.263. The average molecular weight is 240 g/mol. The monoisotopic (exact) mass is 240 g/mol. The molecule has 0 aliphatic carbocycles. The Bertz CT molecular complexity index is 312. The zero-order valence-electron chi connectivity index (χ0n) is 11.3. The molecule has 1 N–H and O–H groups in total. The van der Waals surface area contributed by atoms with E-state index in [4.69, 9.17) is 9.15 Å². The average Bonchev–Trinajstić information content (AvgIpc) is 2.73. The van der Waals surface area contributed by atoms with Crippen LogP contribution in [-0.2, 0) is 4.74 Å². The molecule has 1 heterocycles. The largest absolute Gasteiger partial charge is 0.465 e. The van der Waals surface area contributed by atoms with E-state index in [0.717, 1.165) is 37.8 Å². The van der Waals surface area contributed by atoms with Gasteiger partial charge in [0.2, 0.25) is 0 Å². The highest BCUT2D eigenvalue weighted by Gasteiger charge is 2.08. The summed E-state index contributed by atoms with van der Waals surface area (Å²) < 4.78 is 10.6. The first-order valence-corrected chi connectivity index (χ1v) is 6.10. The zero-order chi connectivity index (χ0) is 12.7. The molecule has 0 aliphatic heterocycles. The predicted octanol–water partition coefficient (Wildman–Crippen LogP) is 1.82. The van der Waals surface area contributed by atoms with Gasteiger partial charge in [0.1, 0.15) is 11.5 Å². The van der Waals surface area contributed by atoms with Crippen molar-refractivity contribution >= 4 is 0 Å². The Balaban J connectivity index is 2.18. The van der Waals surface area contributed by atoms with E-state index in [0.29, 0.717) is 0 Å². The van der Waals surface area contributed by atoms with E-state index in [2.05, 4.69) is 24.2 Å². The maximum Gasteiger partial charge on any atom is 0.120 e. The summed E-state index contributed by atoms with van der Waals surface area (Å²) in [6.45, 7) is 7.78. The van der Waals surface area contributed by atoms with Gasteiger partial charge >= 0.3 is 0 Å². The van der Waals surface area contributed by atoms with E-state index >= 15 is 0 Å². The molecule has 0 aliphatic rings. The summed E-state index contributed by atoms with van der Waals surface area (Å²) >= 11 is 0. The summed E-state index contributed by atoms with van der Waals surface area (Å²) in [5.74, 6) is 1.97. The van der Waals surface area contributed by atoms with E-state index in [1.807, 2.05) is 19.1 Å². The molecule has 0 amide bonds. The summed E-state index contributed by atoms with van der Waals surface area (Å²) in [5, 5.41) is 3.44. The molecule has 0 bridgehead atoms. The van der Waals surface area contributed by atoms with Gasteiger partial charge in [-0.1, -0.05) is 0 Å². The molecule has 0 fully saturated rings. The van der Waals surface area contributed by atoms with Crippen LogP contribution in [-0.4, -0.2) is 45.3 Å². The molecule has 0 aromatic carbocycles. The summed E-state index contributed by atoms with van der Waals surface area (Å²) in [7, 11) is 3.83. The number of hydrogen-bond acceptors (Lipinski definition) is 4.